The molecule has 1 heterocycles. The predicted octanol–water partition coefficient (Wildman–Crippen LogP) is 2.90. The first-order chi connectivity index (χ1) is 14.2. The van der Waals surface area contributed by atoms with Crippen LogP contribution in [-0.4, -0.2) is 43.7 Å². The second-order valence-electron chi connectivity index (χ2n) is 6.24. The van der Waals surface area contributed by atoms with Crippen LogP contribution in [-0.2, 0) is 11.3 Å². The van der Waals surface area contributed by atoms with Crippen LogP contribution in [0.2, 0.25) is 0 Å². The summed E-state index contributed by atoms with van der Waals surface area (Å²) in [4.78, 5) is 17.5. The van der Waals surface area contributed by atoms with E-state index in [0.29, 0.717) is 47.9 Å². The van der Waals surface area contributed by atoms with Crippen LogP contribution in [0.15, 0.2) is 52.4 Å². The SMILES string of the molecule is COCCCn1c(N/N=C\c2ccc(OC)c(OC)c2)nc2ccccc2c1=O. The van der Waals surface area contributed by atoms with Gasteiger partial charge >= 0.3 is 0 Å². The Labute approximate surface area is 168 Å². The molecule has 3 rings (SSSR count). The zero-order valence-electron chi connectivity index (χ0n) is 16.7. The van der Waals surface area contributed by atoms with E-state index in [1.807, 2.05) is 24.3 Å². The lowest BCUT2D eigenvalue weighted by Gasteiger charge is -2.12. The minimum Gasteiger partial charge on any atom is -0.493 e. The first-order valence-corrected chi connectivity index (χ1v) is 9.17. The van der Waals surface area contributed by atoms with Crippen molar-refractivity contribution in [2.45, 2.75) is 13.0 Å². The molecule has 152 valence electrons. The summed E-state index contributed by atoms with van der Waals surface area (Å²) in [5.74, 6) is 1.62. The highest BCUT2D eigenvalue weighted by Gasteiger charge is 2.10. The Morgan fingerprint density at radius 1 is 1.10 bits per heavy atom. The second-order valence-corrected chi connectivity index (χ2v) is 6.24. The number of hydrogen-bond donors (Lipinski definition) is 1. The van der Waals surface area contributed by atoms with Crippen LogP contribution in [0.3, 0.4) is 0 Å². The van der Waals surface area contributed by atoms with Crippen molar-refractivity contribution in [1.82, 2.24) is 9.55 Å². The summed E-state index contributed by atoms with van der Waals surface area (Å²) in [6.45, 7) is 1.02. The third-order valence-corrected chi connectivity index (χ3v) is 4.38. The first-order valence-electron chi connectivity index (χ1n) is 9.17. The summed E-state index contributed by atoms with van der Waals surface area (Å²) >= 11 is 0. The third-order valence-electron chi connectivity index (χ3n) is 4.38. The molecular weight excluding hydrogens is 372 g/mol. The van der Waals surface area contributed by atoms with Crippen molar-refractivity contribution in [3.8, 4) is 11.5 Å². The van der Waals surface area contributed by atoms with E-state index >= 15 is 0 Å². The zero-order valence-corrected chi connectivity index (χ0v) is 16.7. The van der Waals surface area contributed by atoms with Crippen LogP contribution < -0.4 is 20.5 Å². The van der Waals surface area contributed by atoms with Gasteiger partial charge in [-0.15, -0.1) is 0 Å². The number of aromatic nitrogens is 2. The number of hydrazone groups is 1. The van der Waals surface area contributed by atoms with Crippen LogP contribution in [0.4, 0.5) is 5.95 Å². The largest absolute Gasteiger partial charge is 0.493 e. The molecule has 0 aliphatic rings. The van der Waals surface area contributed by atoms with E-state index in [4.69, 9.17) is 14.2 Å². The molecule has 0 unspecified atom stereocenters. The minimum absolute atomic E-state index is 0.115. The zero-order chi connectivity index (χ0) is 20.6. The van der Waals surface area contributed by atoms with Gasteiger partial charge in [0.25, 0.3) is 5.56 Å². The smallest absolute Gasteiger partial charge is 0.262 e. The lowest BCUT2D eigenvalue weighted by atomic mass is 10.2. The van der Waals surface area contributed by atoms with Crippen molar-refractivity contribution >= 4 is 23.1 Å². The molecule has 0 amide bonds. The second kappa shape index (κ2) is 9.70. The van der Waals surface area contributed by atoms with Gasteiger partial charge in [-0.05, 0) is 42.3 Å². The molecule has 29 heavy (non-hydrogen) atoms. The topological polar surface area (TPSA) is 87.0 Å². The molecular formula is C21H24N4O4. The number of methoxy groups -OCH3 is 3. The average molecular weight is 396 g/mol. The van der Waals surface area contributed by atoms with Crippen LogP contribution in [0.1, 0.15) is 12.0 Å². The van der Waals surface area contributed by atoms with E-state index in [0.717, 1.165) is 5.56 Å². The van der Waals surface area contributed by atoms with Gasteiger partial charge < -0.3 is 14.2 Å². The van der Waals surface area contributed by atoms with E-state index in [1.165, 1.54) is 0 Å². The van der Waals surface area contributed by atoms with Crippen LogP contribution in [0.5, 0.6) is 11.5 Å². The summed E-state index contributed by atoms with van der Waals surface area (Å²) in [5, 5.41) is 4.82. The maximum Gasteiger partial charge on any atom is 0.262 e. The quantitative estimate of drug-likeness (QED) is 0.340. The number of fused-ring (bicyclic) bond motifs is 1. The molecule has 0 aliphatic heterocycles. The molecule has 1 aromatic heterocycles. The Balaban J connectivity index is 1.89. The van der Waals surface area contributed by atoms with Gasteiger partial charge in [0.2, 0.25) is 5.95 Å². The van der Waals surface area contributed by atoms with Gasteiger partial charge in [-0.1, -0.05) is 12.1 Å². The standard InChI is InChI=1S/C21H24N4O4/c1-27-12-6-11-25-20(26)16-7-4-5-8-17(16)23-21(25)24-22-14-15-9-10-18(28-2)19(13-15)29-3/h4-5,7-10,13-14H,6,11-12H2,1-3H3,(H,23,24)/b22-14-. The van der Waals surface area contributed by atoms with E-state index in [9.17, 15) is 4.79 Å². The van der Waals surface area contributed by atoms with Crippen LogP contribution in [0, 0.1) is 0 Å². The highest BCUT2D eigenvalue weighted by molar-refractivity contribution is 5.82. The molecule has 2 aromatic carbocycles. The Hall–Kier alpha value is -3.39. The van der Waals surface area contributed by atoms with E-state index < -0.39 is 0 Å². The first kappa shape index (κ1) is 20.3. The number of anilines is 1. The molecule has 0 bridgehead atoms. The summed E-state index contributed by atoms with van der Waals surface area (Å²) < 4.78 is 17.2. The van der Waals surface area contributed by atoms with Gasteiger partial charge in [0, 0.05) is 20.3 Å². The van der Waals surface area contributed by atoms with Gasteiger partial charge in [-0.25, -0.2) is 10.4 Å². The Morgan fingerprint density at radius 3 is 2.66 bits per heavy atom. The van der Waals surface area contributed by atoms with Crippen LogP contribution >= 0.6 is 0 Å². The lowest BCUT2D eigenvalue weighted by molar-refractivity contribution is 0.190. The number of hydrogen-bond acceptors (Lipinski definition) is 7. The number of benzene rings is 2. The summed E-state index contributed by atoms with van der Waals surface area (Å²) in [6.07, 6.45) is 2.31. The Morgan fingerprint density at radius 2 is 1.90 bits per heavy atom. The molecule has 0 spiro atoms. The highest BCUT2D eigenvalue weighted by atomic mass is 16.5. The molecule has 3 aromatic rings. The molecule has 0 saturated heterocycles. The van der Waals surface area contributed by atoms with Gasteiger partial charge in [0.15, 0.2) is 11.5 Å². The molecule has 0 radical (unpaired) electrons. The molecule has 1 N–H and O–H groups in total. The van der Waals surface area contributed by atoms with Crippen molar-refractivity contribution in [2.75, 3.05) is 33.4 Å². The number of para-hydroxylation sites is 1. The van der Waals surface area contributed by atoms with Crippen molar-refractivity contribution < 1.29 is 14.2 Å². The van der Waals surface area contributed by atoms with Crippen molar-refractivity contribution in [1.29, 1.82) is 0 Å². The fourth-order valence-corrected chi connectivity index (χ4v) is 2.93. The van der Waals surface area contributed by atoms with Crippen molar-refractivity contribution in [3.05, 3.63) is 58.4 Å². The lowest BCUT2D eigenvalue weighted by Crippen LogP contribution is -2.24. The maximum atomic E-state index is 12.9. The van der Waals surface area contributed by atoms with Crippen molar-refractivity contribution in [2.24, 2.45) is 5.10 Å². The highest BCUT2D eigenvalue weighted by Crippen LogP contribution is 2.26. The van der Waals surface area contributed by atoms with Crippen LogP contribution in [0.25, 0.3) is 10.9 Å². The molecule has 8 heteroatoms. The average Bonchev–Trinajstić information content (AvgIpc) is 2.75. The normalized spacial score (nSPS) is 11.1. The minimum atomic E-state index is -0.115. The molecule has 0 fully saturated rings. The Bertz CT molecular complexity index is 1060. The van der Waals surface area contributed by atoms with E-state index in [2.05, 4.69) is 15.5 Å². The number of nitrogens with one attached hydrogen (secondary N) is 1. The summed E-state index contributed by atoms with van der Waals surface area (Å²) in [6, 6.07) is 12.7. The maximum absolute atomic E-state index is 12.9. The van der Waals surface area contributed by atoms with Gasteiger partial charge in [-0.2, -0.15) is 5.10 Å². The van der Waals surface area contributed by atoms with Gasteiger partial charge in [0.1, 0.15) is 0 Å². The molecule has 8 nitrogen and oxygen atoms in total. The van der Waals surface area contributed by atoms with E-state index in [-0.39, 0.29) is 5.56 Å². The fraction of sp³-hybridized carbons (Fsp3) is 0.286. The third kappa shape index (κ3) is 4.72. The monoisotopic (exact) mass is 396 g/mol. The number of rotatable bonds is 9. The van der Waals surface area contributed by atoms with Crippen molar-refractivity contribution in [3.63, 3.8) is 0 Å². The van der Waals surface area contributed by atoms with Gasteiger partial charge in [-0.3, -0.25) is 9.36 Å². The Kier molecular flexibility index (Phi) is 6.80. The fourth-order valence-electron chi connectivity index (χ4n) is 2.93. The predicted molar refractivity (Wildman–Crippen MR) is 113 cm³/mol. The summed E-state index contributed by atoms with van der Waals surface area (Å²) in [7, 11) is 4.80. The molecule has 0 aliphatic carbocycles. The van der Waals surface area contributed by atoms with E-state index in [1.54, 1.807) is 50.3 Å². The van der Waals surface area contributed by atoms with Gasteiger partial charge in [0.05, 0.1) is 31.3 Å². The number of nitrogens with zero attached hydrogens (tertiary/aromatic N) is 3. The number of ether oxygens (including phenoxy) is 3. The molecule has 0 atom stereocenters. The molecule has 0 saturated carbocycles. The summed E-state index contributed by atoms with van der Waals surface area (Å²) in [5.41, 5.74) is 4.21.